The minimum Gasteiger partial charge on any atom is -0.253 e. The zero-order valence-electron chi connectivity index (χ0n) is 10.5. The highest BCUT2D eigenvalue weighted by Gasteiger charge is 2.22. The Morgan fingerprint density at radius 3 is 2.53 bits per heavy atom. The van der Waals surface area contributed by atoms with Gasteiger partial charge in [-0.3, -0.25) is 4.31 Å². The quantitative estimate of drug-likeness (QED) is 0.875. The molecule has 2 rings (SSSR count). The van der Waals surface area contributed by atoms with Crippen LogP contribution < -0.4 is 4.31 Å². The fourth-order valence-electron chi connectivity index (χ4n) is 1.56. The van der Waals surface area contributed by atoms with Gasteiger partial charge in [0, 0.05) is 18.3 Å². The van der Waals surface area contributed by atoms with Crippen LogP contribution >= 0.6 is 11.6 Å². The summed E-state index contributed by atoms with van der Waals surface area (Å²) in [5, 5.41) is 0.426. The number of hydrogen-bond donors (Lipinski definition) is 0. The molecule has 0 bridgehead atoms. The molecule has 0 radical (unpaired) electrons. The van der Waals surface area contributed by atoms with Crippen molar-refractivity contribution in [1.29, 1.82) is 0 Å². The van der Waals surface area contributed by atoms with Crippen LogP contribution in [-0.2, 0) is 10.0 Å². The molecule has 0 N–H and O–H groups in total. The molecule has 2 aromatic rings. The van der Waals surface area contributed by atoms with Gasteiger partial charge < -0.3 is 0 Å². The van der Waals surface area contributed by atoms with E-state index in [-0.39, 0.29) is 4.90 Å². The van der Waals surface area contributed by atoms with Gasteiger partial charge in [-0.25, -0.2) is 13.4 Å². The number of pyridine rings is 1. The molecule has 4 nitrogen and oxygen atoms in total. The third-order valence-corrected chi connectivity index (χ3v) is 4.94. The summed E-state index contributed by atoms with van der Waals surface area (Å²) >= 11 is 5.97. The molecule has 1 aromatic heterocycles. The van der Waals surface area contributed by atoms with Crippen LogP contribution in [0.2, 0.25) is 5.02 Å². The van der Waals surface area contributed by atoms with E-state index in [9.17, 15) is 8.42 Å². The van der Waals surface area contributed by atoms with Crippen molar-refractivity contribution < 1.29 is 8.42 Å². The Morgan fingerprint density at radius 1 is 1.21 bits per heavy atom. The molecule has 100 valence electrons. The van der Waals surface area contributed by atoms with E-state index < -0.39 is 10.0 Å². The molecule has 19 heavy (non-hydrogen) atoms. The first-order chi connectivity index (χ1) is 8.93. The van der Waals surface area contributed by atoms with Crippen LogP contribution in [0.15, 0.2) is 47.5 Å². The second-order valence-corrected chi connectivity index (χ2v) is 6.45. The van der Waals surface area contributed by atoms with Crippen LogP contribution in [0.25, 0.3) is 0 Å². The normalized spacial score (nSPS) is 11.3. The van der Waals surface area contributed by atoms with E-state index in [0.717, 1.165) is 9.87 Å². The zero-order valence-corrected chi connectivity index (χ0v) is 12.1. The minimum absolute atomic E-state index is 0.149. The standard InChI is InChI=1S/C13H13ClN2O2S/c1-10-6-7-11(9-12(10)14)19(17,18)16(2)13-5-3-4-8-15-13/h3-9H,1-2H3. The molecule has 0 aliphatic rings. The number of benzene rings is 1. The molecule has 0 aliphatic carbocycles. The Bertz CT molecular complexity index is 687. The number of aromatic nitrogens is 1. The first-order valence-corrected chi connectivity index (χ1v) is 7.41. The third kappa shape index (κ3) is 2.72. The topological polar surface area (TPSA) is 50.3 Å². The van der Waals surface area contributed by atoms with Crippen LogP contribution in [0, 0.1) is 6.92 Å². The number of anilines is 1. The maximum absolute atomic E-state index is 12.4. The minimum atomic E-state index is -3.64. The van der Waals surface area contributed by atoms with E-state index in [1.165, 1.54) is 19.2 Å². The van der Waals surface area contributed by atoms with Gasteiger partial charge in [-0.15, -0.1) is 0 Å². The summed E-state index contributed by atoms with van der Waals surface area (Å²) in [5.41, 5.74) is 0.834. The van der Waals surface area contributed by atoms with E-state index in [0.29, 0.717) is 10.8 Å². The Hall–Kier alpha value is -1.59. The van der Waals surface area contributed by atoms with Crippen LogP contribution in [0.5, 0.6) is 0 Å². The smallest absolute Gasteiger partial charge is 0.253 e. The Kier molecular flexibility index (Phi) is 3.78. The average Bonchev–Trinajstić information content (AvgIpc) is 2.41. The Labute approximate surface area is 117 Å². The Balaban J connectivity index is 2.45. The molecule has 1 aromatic carbocycles. The molecular weight excluding hydrogens is 284 g/mol. The highest BCUT2D eigenvalue weighted by atomic mass is 35.5. The molecule has 0 fully saturated rings. The van der Waals surface area contributed by atoms with E-state index in [1.807, 2.05) is 6.92 Å². The summed E-state index contributed by atoms with van der Waals surface area (Å²) in [5.74, 6) is 0.360. The predicted molar refractivity (Wildman–Crippen MR) is 76.0 cm³/mol. The van der Waals surface area contributed by atoms with E-state index in [1.54, 1.807) is 30.5 Å². The van der Waals surface area contributed by atoms with Gasteiger partial charge in [-0.1, -0.05) is 23.7 Å². The summed E-state index contributed by atoms with van der Waals surface area (Å²) in [6.07, 6.45) is 1.55. The molecule has 0 atom stereocenters. The lowest BCUT2D eigenvalue weighted by Crippen LogP contribution is -2.27. The van der Waals surface area contributed by atoms with Gasteiger partial charge >= 0.3 is 0 Å². The van der Waals surface area contributed by atoms with Crippen LogP contribution in [-0.4, -0.2) is 20.4 Å². The zero-order chi connectivity index (χ0) is 14.0. The maximum Gasteiger partial charge on any atom is 0.265 e. The molecular formula is C13H13ClN2O2S. The molecule has 0 amide bonds. The van der Waals surface area contributed by atoms with Gasteiger partial charge in [0.05, 0.1) is 4.90 Å². The number of halogens is 1. The van der Waals surface area contributed by atoms with Crippen molar-refractivity contribution in [2.45, 2.75) is 11.8 Å². The van der Waals surface area contributed by atoms with E-state index in [4.69, 9.17) is 11.6 Å². The van der Waals surface area contributed by atoms with Gasteiger partial charge in [0.15, 0.2) is 0 Å². The Morgan fingerprint density at radius 2 is 1.95 bits per heavy atom. The van der Waals surface area contributed by atoms with Gasteiger partial charge in [-0.2, -0.15) is 0 Å². The second-order valence-electron chi connectivity index (χ2n) is 4.07. The number of hydrogen-bond acceptors (Lipinski definition) is 3. The van der Waals surface area contributed by atoms with Crippen LogP contribution in [0.4, 0.5) is 5.82 Å². The average molecular weight is 297 g/mol. The lowest BCUT2D eigenvalue weighted by atomic mass is 10.2. The molecule has 0 spiro atoms. The number of rotatable bonds is 3. The SMILES string of the molecule is Cc1ccc(S(=O)(=O)N(C)c2ccccn2)cc1Cl. The maximum atomic E-state index is 12.4. The van der Waals surface area contributed by atoms with Crippen molar-refractivity contribution in [2.75, 3.05) is 11.4 Å². The lowest BCUT2D eigenvalue weighted by molar-refractivity contribution is 0.594. The monoisotopic (exact) mass is 296 g/mol. The largest absolute Gasteiger partial charge is 0.265 e. The summed E-state index contributed by atoms with van der Waals surface area (Å²) in [6.45, 7) is 1.82. The van der Waals surface area contributed by atoms with Crippen molar-refractivity contribution in [2.24, 2.45) is 0 Å². The van der Waals surface area contributed by atoms with Gasteiger partial charge in [-0.05, 0) is 36.8 Å². The molecule has 1 heterocycles. The van der Waals surface area contributed by atoms with Crippen molar-refractivity contribution in [3.8, 4) is 0 Å². The third-order valence-electron chi connectivity index (χ3n) is 2.77. The molecule has 0 unspecified atom stereocenters. The first-order valence-electron chi connectivity index (χ1n) is 5.59. The number of aryl methyl sites for hydroxylation is 1. The fraction of sp³-hybridized carbons (Fsp3) is 0.154. The van der Waals surface area contributed by atoms with Crippen molar-refractivity contribution in [1.82, 2.24) is 4.98 Å². The summed E-state index contributed by atoms with van der Waals surface area (Å²) in [7, 11) is -2.18. The summed E-state index contributed by atoms with van der Waals surface area (Å²) in [6, 6.07) is 9.76. The molecule has 6 heteroatoms. The molecule has 0 aliphatic heterocycles. The van der Waals surface area contributed by atoms with Crippen molar-refractivity contribution in [3.05, 3.63) is 53.2 Å². The predicted octanol–water partition coefficient (Wildman–Crippen LogP) is 2.87. The fourth-order valence-corrected chi connectivity index (χ4v) is 2.98. The highest BCUT2D eigenvalue weighted by molar-refractivity contribution is 7.92. The lowest BCUT2D eigenvalue weighted by Gasteiger charge is -2.18. The van der Waals surface area contributed by atoms with E-state index in [2.05, 4.69) is 4.98 Å². The highest BCUT2D eigenvalue weighted by Crippen LogP contribution is 2.24. The number of sulfonamides is 1. The van der Waals surface area contributed by atoms with Crippen LogP contribution in [0.3, 0.4) is 0 Å². The summed E-state index contributed by atoms with van der Waals surface area (Å²) in [4.78, 5) is 4.17. The number of nitrogens with zero attached hydrogens (tertiary/aromatic N) is 2. The van der Waals surface area contributed by atoms with Crippen molar-refractivity contribution in [3.63, 3.8) is 0 Å². The molecule has 0 saturated carbocycles. The van der Waals surface area contributed by atoms with Gasteiger partial charge in [0.1, 0.15) is 5.82 Å². The van der Waals surface area contributed by atoms with Gasteiger partial charge in [0.2, 0.25) is 0 Å². The summed E-state index contributed by atoms with van der Waals surface area (Å²) < 4.78 is 26.0. The van der Waals surface area contributed by atoms with Crippen LogP contribution in [0.1, 0.15) is 5.56 Å². The second kappa shape index (κ2) is 5.19. The van der Waals surface area contributed by atoms with Gasteiger partial charge in [0.25, 0.3) is 10.0 Å². The molecule has 0 saturated heterocycles. The van der Waals surface area contributed by atoms with Crippen molar-refractivity contribution >= 4 is 27.4 Å². The first kappa shape index (κ1) is 13.8. The van der Waals surface area contributed by atoms with E-state index >= 15 is 0 Å².